The molecule has 0 aromatic heterocycles. The van der Waals surface area contributed by atoms with Crippen molar-refractivity contribution in [2.24, 2.45) is 34.5 Å². The van der Waals surface area contributed by atoms with E-state index in [2.05, 4.69) is 6.92 Å². The second-order valence-corrected chi connectivity index (χ2v) is 19.0. The first-order valence-corrected chi connectivity index (χ1v) is 21.6. The monoisotopic (exact) mass is 860 g/mol. The summed E-state index contributed by atoms with van der Waals surface area (Å²) in [5.74, 6) is -0.0804. The molecule has 1 unspecified atom stereocenters. The van der Waals surface area contributed by atoms with Crippen molar-refractivity contribution in [3.8, 4) is 0 Å². The Labute approximate surface area is 347 Å². The standard InChI is InChI=1S/C41H64O19/c1-17-35(60-38-33(51)30(48)28(46)25(59-38)15-55-36-32(50)29(47)27(45)24(13-42)58-36)31(49)34(52)37(56-17)57-20-5-9-40(16-43)19(12-20)3-4-23-22(40)6-8-39(2)21(7-10-41(23,39)53)18-11-26(44)54-14-18/h11,17,19-25,27-38,42-43,45-53H,3-10,12-16H2,1-2H3/t17-,19-,20-,21+,22?,23+,24+,25+,27+,28+,29-,30-,31+,32+,33+,34+,35+,36+,37+,38-,39+,40+,41-/m0/s1. The van der Waals surface area contributed by atoms with Gasteiger partial charge in [0.15, 0.2) is 18.9 Å². The molecule has 11 N–H and O–H groups in total. The minimum atomic E-state index is -1.83. The number of fused-ring (bicyclic) bond motifs is 5. The van der Waals surface area contributed by atoms with Gasteiger partial charge in [-0.05, 0) is 99.4 Å². The highest BCUT2D eigenvalue weighted by atomic mass is 16.8. The van der Waals surface area contributed by atoms with E-state index in [0.717, 1.165) is 37.7 Å². The SMILES string of the molecule is C[C@@H]1O[C@H](O[C@H]2CC[C@]3(CO)C4CC[C@]5(C)[C@@H](C6=CC(=O)OC6)CC[C@]5(O)[C@@H]4CC[C@H]3C2)[C@H](O)[C@@H](O)[C@@H]1O[C@@H]1O[C@H](CO[C@@H]2O[C@H](CO)[C@@H](O)[C@H](O)[C@H]2O)[C@@H](O)[C@H](O)[C@H]1O. The van der Waals surface area contributed by atoms with Gasteiger partial charge in [0, 0.05) is 18.1 Å². The third-order valence-electron chi connectivity index (χ3n) is 16.3. The predicted molar refractivity (Wildman–Crippen MR) is 200 cm³/mol. The Hall–Kier alpha value is -1.47. The van der Waals surface area contributed by atoms with Crippen molar-refractivity contribution >= 4 is 5.97 Å². The molecule has 4 heterocycles. The Morgan fingerprint density at radius 2 is 1.38 bits per heavy atom. The molecule has 0 bridgehead atoms. The summed E-state index contributed by atoms with van der Waals surface area (Å²) in [6.45, 7) is 2.71. The fourth-order valence-electron chi connectivity index (χ4n) is 12.8. The molecule has 0 aromatic rings. The van der Waals surface area contributed by atoms with Gasteiger partial charge in [-0.3, -0.25) is 0 Å². The lowest BCUT2D eigenvalue weighted by Gasteiger charge is -2.64. The van der Waals surface area contributed by atoms with Crippen LogP contribution in [0, 0.1) is 34.5 Å². The van der Waals surface area contributed by atoms with Gasteiger partial charge in [0.2, 0.25) is 0 Å². The van der Waals surface area contributed by atoms with Gasteiger partial charge in [-0.2, -0.15) is 0 Å². The van der Waals surface area contributed by atoms with Gasteiger partial charge in [0.05, 0.1) is 31.0 Å². The Balaban J connectivity index is 0.872. The number of hydrogen-bond donors (Lipinski definition) is 11. The number of aliphatic hydroxyl groups excluding tert-OH is 10. The van der Waals surface area contributed by atoms with Crippen molar-refractivity contribution in [3.05, 3.63) is 11.6 Å². The fraction of sp³-hybridized carbons (Fsp3) is 0.927. The minimum absolute atomic E-state index is 0.00142. The summed E-state index contributed by atoms with van der Waals surface area (Å²) in [5.41, 5.74) is -0.786. The molecule has 342 valence electrons. The van der Waals surface area contributed by atoms with Gasteiger partial charge in [-0.15, -0.1) is 0 Å². The van der Waals surface area contributed by atoms with Crippen LogP contribution in [0.25, 0.3) is 0 Å². The molecule has 3 saturated heterocycles. The van der Waals surface area contributed by atoms with Gasteiger partial charge in [-0.1, -0.05) is 6.92 Å². The maximum atomic E-state index is 12.6. The highest BCUT2D eigenvalue weighted by Gasteiger charge is 2.68. The van der Waals surface area contributed by atoms with Gasteiger partial charge in [-0.25, -0.2) is 4.79 Å². The molecule has 4 aliphatic carbocycles. The van der Waals surface area contributed by atoms with Crippen LogP contribution in [0.1, 0.15) is 71.6 Å². The summed E-state index contributed by atoms with van der Waals surface area (Å²) >= 11 is 0. The number of esters is 1. The number of rotatable bonds is 10. The van der Waals surface area contributed by atoms with Crippen LogP contribution in [0.3, 0.4) is 0 Å². The number of aliphatic hydroxyl groups is 11. The van der Waals surface area contributed by atoms with E-state index < -0.39 is 122 Å². The summed E-state index contributed by atoms with van der Waals surface area (Å²) < 4.78 is 40.1. The van der Waals surface area contributed by atoms with Crippen molar-refractivity contribution in [3.63, 3.8) is 0 Å². The molecule has 0 aromatic carbocycles. The third kappa shape index (κ3) is 7.40. The number of carbonyl (C=O) groups excluding carboxylic acids is 1. The first-order chi connectivity index (χ1) is 28.5. The van der Waals surface area contributed by atoms with Crippen LogP contribution >= 0.6 is 0 Å². The lowest BCUT2D eigenvalue weighted by atomic mass is 9.43. The molecular weight excluding hydrogens is 796 g/mol. The Morgan fingerprint density at radius 1 is 0.717 bits per heavy atom. The average Bonchev–Trinajstić information content (AvgIpc) is 3.79. The van der Waals surface area contributed by atoms with Crippen LogP contribution in [-0.4, -0.2) is 192 Å². The van der Waals surface area contributed by atoms with Gasteiger partial charge >= 0.3 is 5.97 Å². The third-order valence-corrected chi connectivity index (χ3v) is 16.3. The largest absolute Gasteiger partial charge is 0.458 e. The van der Waals surface area contributed by atoms with E-state index >= 15 is 0 Å². The van der Waals surface area contributed by atoms with Gasteiger partial charge in [0.25, 0.3) is 0 Å². The summed E-state index contributed by atoms with van der Waals surface area (Å²) in [4.78, 5) is 11.9. The van der Waals surface area contributed by atoms with Crippen LogP contribution in [-0.2, 0) is 38.0 Å². The van der Waals surface area contributed by atoms with E-state index in [-0.39, 0.29) is 49.0 Å². The second kappa shape index (κ2) is 17.2. The molecule has 0 amide bonds. The lowest BCUT2D eigenvalue weighted by Crippen LogP contribution is -2.65. The number of hydrogen-bond acceptors (Lipinski definition) is 19. The molecule has 7 fully saturated rings. The molecule has 19 heteroatoms. The van der Waals surface area contributed by atoms with Crippen LogP contribution in [0.5, 0.6) is 0 Å². The molecule has 0 spiro atoms. The van der Waals surface area contributed by atoms with Crippen molar-refractivity contribution in [2.45, 2.75) is 175 Å². The number of cyclic esters (lactones) is 1. The highest BCUT2D eigenvalue weighted by Crippen LogP contribution is 2.70. The topological polar surface area (TPSA) is 304 Å². The van der Waals surface area contributed by atoms with E-state index in [1.807, 2.05) is 0 Å². The smallest absolute Gasteiger partial charge is 0.331 e. The van der Waals surface area contributed by atoms with E-state index in [1.165, 1.54) is 0 Å². The van der Waals surface area contributed by atoms with Crippen molar-refractivity contribution in [1.29, 1.82) is 0 Å². The van der Waals surface area contributed by atoms with E-state index in [1.54, 1.807) is 13.0 Å². The minimum Gasteiger partial charge on any atom is -0.458 e. The van der Waals surface area contributed by atoms with Crippen molar-refractivity contribution in [1.82, 2.24) is 0 Å². The van der Waals surface area contributed by atoms with Crippen molar-refractivity contribution in [2.75, 3.05) is 26.4 Å². The zero-order valence-electron chi connectivity index (χ0n) is 34.0. The van der Waals surface area contributed by atoms with Crippen LogP contribution < -0.4 is 0 Å². The van der Waals surface area contributed by atoms with Gasteiger partial charge < -0.3 is 89.3 Å². The lowest BCUT2D eigenvalue weighted by molar-refractivity contribution is -0.365. The molecule has 8 rings (SSSR count). The Morgan fingerprint density at radius 3 is 2.07 bits per heavy atom. The van der Waals surface area contributed by atoms with E-state index in [0.29, 0.717) is 25.7 Å². The summed E-state index contributed by atoms with van der Waals surface area (Å²) in [5, 5.41) is 118. The van der Waals surface area contributed by atoms with Crippen molar-refractivity contribution < 1.29 is 94.1 Å². The maximum Gasteiger partial charge on any atom is 0.331 e. The molecule has 60 heavy (non-hydrogen) atoms. The maximum absolute atomic E-state index is 12.6. The quantitative estimate of drug-likeness (QED) is 0.0775. The second-order valence-electron chi connectivity index (χ2n) is 19.0. The van der Waals surface area contributed by atoms with E-state index in [9.17, 15) is 61.0 Å². The zero-order chi connectivity index (χ0) is 43.1. The first kappa shape index (κ1) is 45.1. The molecular formula is C41H64O19. The molecule has 4 saturated carbocycles. The molecule has 19 nitrogen and oxygen atoms in total. The zero-order valence-corrected chi connectivity index (χ0v) is 34.0. The molecule has 4 aliphatic heterocycles. The predicted octanol–water partition coefficient (Wildman–Crippen LogP) is -2.92. The highest BCUT2D eigenvalue weighted by molar-refractivity contribution is 5.85. The normalized spacial score (nSPS) is 54.4. The van der Waals surface area contributed by atoms with E-state index in [4.69, 9.17) is 33.2 Å². The Bertz CT molecular complexity index is 1570. The summed E-state index contributed by atoms with van der Waals surface area (Å²) in [7, 11) is 0. The Kier molecular flexibility index (Phi) is 12.9. The first-order valence-electron chi connectivity index (χ1n) is 21.6. The van der Waals surface area contributed by atoms with Crippen LogP contribution in [0.15, 0.2) is 11.6 Å². The fourth-order valence-corrected chi connectivity index (χ4v) is 12.8. The van der Waals surface area contributed by atoms with Gasteiger partial charge in [0.1, 0.15) is 73.8 Å². The number of carbonyl (C=O) groups is 1. The summed E-state index contributed by atoms with van der Waals surface area (Å²) in [6, 6.07) is 0. The number of ether oxygens (including phenoxy) is 7. The van der Waals surface area contributed by atoms with Crippen LogP contribution in [0.4, 0.5) is 0 Å². The molecule has 8 aliphatic rings. The molecule has 0 radical (unpaired) electrons. The summed E-state index contributed by atoms with van der Waals surface area (Å²) in [6.07, 6.45) is -15.5. The molecule has 23 atom stereocenters. The average molecular weight is 861 g/mol. The van der Waals surface area contributed by atoms with Crippen LogP contribution in [0.2, 0.25) is 0 Å².